The lowest BCUT2D eigenvalue weighted by atomic mass is 10.0. The van der Waals surface area contributed by atoms with Crippen LogP contribution in [0.5, 0.6) is 0 Å². The van der Waals surface area contributed by atoms with E-state index < -0.39 is 5.97 Å². The van der Waals surface area contributed by atoms with Gasteiger partial charge in [-0.3, -0.25) is 14.4 Å². The number of nitrogens with one attached hydrogen (secondary N) is 2. The van der Waals surface area contributed by atoms with Crippen molar-refractivity contribution in [1.29, 1.82) is 0 Å². The summed E-state index contributed by atoms with van der Waals surface area (Å²) >= 11 is 3.79. The second-order valence-corrected chi connectivity index (χ2v) is 10.1. The Morgan fingerprint density at radius 2 is 1.00 bits per heavy atom. The Bertz CT molecular complexity index is 517. The van der Waals surface area contributed by atoms with Gasteiger partial charge in [-0.2, -0.15) is 0 Å². The van der Waals surface area contributed by atoms with E-state index in [1.807, 2.05) is 0 Å². The zero-order valence-electron chi connectivity index (χ0n) is 21.8. The van der Waals surface area contributed by atoms with Crippen molar-refractivity contribution in [2.45, 2.75) is 141 Å². The fourth-order valence-corrected chi connectivity index (χ4v) is 4.10. The van der Waals surface area contributed by atoms with Gasteiger partial charge in [-0.25, -0.2) is 0 Å². The summed E-state index contributed by atoms with van der Waals surface area (Å²) in [6.07, 6.45) is 22.4. The van der Waals surface area contributed by atoms with E-state index in [9.17, 15) is 14.4 Å². The minimum atomic E-state index is -0.673. The zero-order valence-corrected chi connectivity index (χ0v) is 22.6. The Morgan fingerprint density at radius 3 is 1.41 bits per heavy atom. The highest BCUT2D eigenvalue weighted by Gasteiger charge is 2.06. The third-order valence-electron chi connectivity index (χ3n) is 6.29. The Kier molecular flexibility index (Phi) is 24.2. The molecule has 0 rings (SSSR count). The van der Waals surface area contributed by atoms with Crippen molar-refractivity contribution >= 4 is 29.6 Å². The normalized spacial score (nSPS) is 11.9. The van der Waals surface area contributed by atoms with Gasteiger partial charge in [0.15, 0.2) is 0 Å². The quantitative estimate of drug-likeness (QED) is 0.0811. The van der Waals surface area contributed by atoms with Crippen LogP contribution in [0.2, 0.25) is 0 Å². The Labute approximate surface area is 214 Å². The number of hydrogen-bond donors (Lipinski definition) is 4. The van der Waals surface area contributed by atoms with Crippen molar-refractivity contribution in [3.63, 3.8) is 0 Å². The summed E-state index contributed by atoms with van der Waals surface area (Å²) in [5, 5.41) is 14.5. The lowest BCUT2D eigenvalue weighted by Crippen LogP contribution is -2.32. The number of hydrogen-bond acceptors (Lipinski definition) is 4. The summed E-state index contributed by atoms with van der Waals surface area (Å²) < 4.78 is 0. The topological polar surface area (TPSA) is 95.5 Å². The molecule has 0 saturated heterocycles. The van der Waals surface area contributed by atoms with Crippen LogP contribution in [0.1, 0.15) is 135 Å². The number of carboxylic acids is 1. The number of carbonyl (C=O) groups is 3. The minimum absolute atomic E-state index is 0.143. The third kappa shape index (κ3) is 25.5. The smallest absolute Gasteiger partial charge is 0.303 e. The van der Waals surface area contributed by atoms with Gasteiger partial charge in [0, 0.05) is 19.4 Å². The molecule has 6 nitrogen and oxygen atoms in total. The largest absolute Gasteiger partial charge is 0.481 e. The van der Waals surface area contributed by atoms with E-state index >= 15 is 0 Å². The summed E-state index contributed by atoms with van der Waals surface area (Å²) in [5.41, 5.74) is 0. The van der Waals surface area contributed by atoms with Gasteiger partial charge in [-0.15, -0.1) is 12.6 Å². The molecule has 0 aliphatic carbocycles. The van der Waals surface area contributed by atoms with Crippen molar-refractivity contribution in [2.24, 2.45) is 0 Å². The van der Waals surface area contributed by atoms with Crippen LogP contribution in [0.25, 0.3) is 0 Å². The Hall–Kier alpha value is -1.08. The van der Waals surface area contributed by atoms with E-state index in [1.165, 1.54) is 77.0 Å². The van der Waals surface area contributed by atoms with Gasteiger partial charge in [0.1, 0.15) is 0 Å². The molecule has 0 unspecified atom stereocenters. The highest BCUT2D eigenvalue weighted by molar-refractivity contribution is 7.96. The van der Waals surface area contributed by atoms with Crippen LogP contribution < -0.4 is 10.6 Å². The third-order valence-corrected chi connectivity index (χ3v) is 6.68. The molecule has 3 N–H and O–H groups in total. The SMILES string of the molecule is C[C@H](NCCCCNC(=O)CCCCCCCCCCCCCCCCCCC(=O)O)C(=O)S. The minimum Gasteiger partial charge on any atom is -0.481 e. The highest BCUT2D eigenvalue weighted by atomic mass is 32.1. The fourth-order valence-electron chi connectivity index (χ4n) is 4.01. The zero-order chi connectivity index (χ0) is 25.3. The van der Waals surface area contributed by atoms with Crippen LogP contribution >= 0.6 is 12.6 Å². The van der Waals surface area contributed by atoms with E-state index in [4.69, 9.17) is 5.11 Å². The summed E-state index contributed by atoms with van der Waals surface area (Å²) in [7, 11) is 0. The summed E-state index contributed by atoms with van der Waals surface area (Å²) in [6.45, 7) is 3.28. The molecule has 34 heavy (non-hydrogen) atoms. The first kappa shape index (κ1) is 32.9. The maximum atomic E-state index is 11.9. The Balaban J connectivity index is 3.20. The number of amides is 1. The number of unbranched alkanes of at least 4 members (excludes halogenated alkanes) is 16. The van der Waals surface area contributed by atoms with E-state index in [2.05, 4.69) is 23.3 Å². The highest BCUT2D eigenvalue weighted by Crippen LogP contribution is 2.14. The molecule has 1 amide bonds. The lowest BCUT2D eigenvalue weighted by molar-refractivity contribution is -0.137. The van der Waals surface area contributed by atoms with Gasteiger partial charge in [0.2, 0.25) is 11.0 Å². The van der Waals surface area contributed by atoms with Crippen LogP contribution in [0.15, 0.2) is 0 Å². The molecule has 7 heteroatoms. The number of carboxylic acid groups (broad SMARTS) is 1. The summed E-state index contributed by atoms with van der Waals surface area (Å²) in [6, 6.07) is -0.214. The number of rotatable bonds is 26. The molecule has 0 aromatic carbocycles. The first-order valence-electron chi connectivity index (χ1n) is 13.9. The van der Waals surface area contributed by atoms with Crippen molar-refractivity contribution < 1.29 is 19.5 Å². The molecule has 200 valence electrons. The predicted molar refractivity (Wildman–Crippen MR) is 144 cm³/mol. The molecule has 0 fully saturated rings. The first-order valence-corrected chi connectivity index (χ1v) is 14.3. The van der Waals surface area contributed by atoms with Crippen molar-refractivity contribution in [1.82, 2.24) is 10.6 Å². The maximum absolute atomic E-state index is 11.9. The average molecular weight is 501 g/mol. The molecule has 0 heterocycles. The predicted octanol–water partition coefficient (Wildman–Crippen LogP) is 6.42. The molecule has 0 aliphatic heterocycles. The van der Waals surface area contributed by atoms with Crippen molar-refractivity contribution in [2.75, 3.05) is 13.1 Å². The van der Waals surface area contributed by atoms with E-state index in [-0.39, 0.29) is 17.1 Å². The van der Waals surface area contributed by atoms with E-state index in [1.54, 1.807) is 6.92 Å². The van der Waals surface area contributed by atoms with Gasteiger partial charge < -0.3 is 15.7 Å². The molecule has 0 bridgehead atoms. The van der Waals surface area contributed by atoms with E-state index in [0.29, 0.717) is 19.4 Å². The monoisotopic (exact) mass is 500 g/mol. The fraction of sp³-hybridized carbons (Fsp3) is 0.889. The van der Waals surface area contributed by atoms with Crippen LogP contribution in [0.4, 0.5) is 0 Å². The first-order chi connectivity index (χ1) is 16.4. The number of aliphatic carboxylic acids is 1. The molecule has 0 saturated carbocycles. The number of carbonyl (C=O) groups excluding carboxylic acids is 2. The van der Waals surface area contributed by atoms with Gasteiger partial charge in [0.05, 0.1) is 6.04 Å². The van der Waals surface area contributed by atoms with Crippen molar-refractivity contribution in [3.8, 4) is 0 Å². The van der Waals surface area contributed by atoms with Crippen LogP contribution in [0.3, 0.4) is 0 Å². The van der Waals surface area contributed by atoms with Crippen molar-refractivity contribution in [3.05, 3.63) is 0 Å². The standard InChI is InChI=1S/C27H52N2O4S/c1-24(27(33)34)28-22-18-19-23-29-25(30)20-16-14-12-10-8-6-4-2-3-5-7-9-11-13-15-17-21-26(31)32/h24,28H,2-23H2,1H3,(H,29,30)(H,31,32)(H,33,34)/t24-/m0/s1. The van der Waals surface area contributed by atoms with Gasteiger partial charge >= 0.3 is 5.97 Å². The molecule has 0 aromatic heterocycles. The van der Waals surface area contributed by atoms with Gasteiger partial charge in [0.25, 0.3) is 0 Å². The van der Waals surface area contributed by atoms with Crippen LogP contribution in [-0.2, 0) is 14.4 Å². The van der Waals surface area contributed by atoms with Gasteiger partial charge in [-0.1, -0.05) is 89.9 Å². The van der Waals surface area contributed by atoms with E-state index in [0.717, 1.165) is 45.1 Å². The molecule has 0 radical (unpaired) electrons. The molecule has 1 atom stereocenters. The van der Waals surface area contributed by atoms with Crippen LogP contribution in [-0.4, -0.2) is 41.2 Å². The van der Waals surface area contributed by atoms with Gasteiger partial charge in [-0.05, 0) is 39.2 Å². The molecular formula is C27H52N2O4S. The van der Waals surface area contributed by atoms with Crippen LogP contribution in [0, 0.1) is 0 Å². The molecule has 0 aromatic rings. The average Bonchev–Trinajstić information content (AvgIpc) is 2.80. The second kappa shape index (κ2) is 25.0. The molecular weight excluding hydrogens is 448 g/mol. The maximum Gasteiger partial charge on any atom is 0.303 e. The summed E-state index contributed by atoms with van der Waals surface area (Å²) in [5.74, 6) is -0.516. The Morgan fingerprint density at radius 1 is 0.618 bits per heavy atom. The molecule has 0 spiro atoms. The second-order valence-electron chi connectivity index (χ2n) is 9.62. The summed E-state index contributed by atoms with van der Waals surface area (Å²) in [4.78, 5) is 33.3. The molecule has 0 aliphatic rings. The lowest BCUT2D eigenvalue weighted by Gasteiger charge is -2.09. The number of thiol groups is 1.